The van der Waals surface area contributed by atoms with Crippen LogP contribution >= 0.6 is 0 Å². The van der Waals surface area contributed by atoms with E-state index in [4.69, 9.17) is 0 Å². The van der Waals surface area contributed by atoms with Crippen molar-refractivity contribution >= 4 is 21.6 Å². The molecule has 0 bridgehead atoms. The molecule has 0 spiro atoms. The summed E-state index contributed by atoms with van der Waals surface area (Å²) >= 11 is 0. The summed E-state index contributed by atoms with van der Waals surface area (Å²) in [6, 6.07) is 9.44. The molecule has 1 saturated carbocycles. The molecule has 5 nitrogen and oxygen atoms in total. The maximum Gasteiger partial charge on any atom is 0.228 e. The summed E-state index contributed by atoms with van der Waals surface area (Å²) in [5.41, 5.74) is 0.819. The van der Waals surface area contributed by atoms with Crippen molar-refractivity contribution in [3.63, 3.8) is 0 Å². The van der Waals surface area contributed by atoms with E-state index in [2.05, 4.69) is 0 Å². The zero-order chi connectivity index (χ0) is 16.2. The Bertz CT molecular complexity index is 595. The molecule has 0 saturated heterocycles. The summed E-state index contributed by atoms with van der Waals surface area (Å²) in [5.74, 6) is -0.0714. The topological polar surface area (TPSA) is 57.7 Å². The number of para-hydroxylation sites is 1. The average Bonchev–Trinajstić information content (AvgIpc) is 3.00. The summed E-state index contributed by atoms with van der Waals surface area (Å²) < 4.78 is 25.5. The molecule has 1 aliphatic carbocycles. The molecule has 122 valence electrons. The predicted molar refractivity (Wildman–Crippen MR) is 88.3 cm³/mol. The molecule has 1 amide bonds. The van der Waals surface area contributed by atoms with Crippen molar-refractivity contribution in [2.24, 2.45) is 0 Å². The molecule has 2 rings (SSSR count). The molecule has 0 N–H and O–H groups in total. The minimum Gasteiger partial charge on any atom is -0.315 e. The molecule has 1 aromatic rings. The van der Waals surface area contributed by atoms with E-state index in [1.807, 2.05) is 30.3 Å². The van der Waals surface area contributed by atoms with Crippen LogP contribution in [0.3, 0.4) is 0 Å². The van der Waals surface area contributed by atoms with Gasteiger partial charge < -0.3 is 4.90 Å². The van der Waals surface area contributed by atoms with E-state index < -0.39 is 10.0 Å². The van der Waals surface area contributed by atoms with Crippen molar-refractivity contribution < 1.29 is 13.2 Å². The summed E-state index contributed by atoms with van der Waals surface area (Å²) in [6.45, 7) is 0.263. The predicted octanol–water partition coefficient (Wildman–Crippen LogP) is 2.24. The van der Waals surface area contributed by atoms with Gasteiger partial charge in [0.25, 0.3) is 0 Å². The summed E-state index contributed by atoms with van der Waals surface area (Å²) in [4.78, 5) is 13.9. The first-order valence-electron chi connectivity index (χ1n) is 7.68. The van der Waals surface area contributed by atoms with Gasteiger partial charge in [-0.15, -0.1) is 0 Å². The van der Waals surface area contributed by atoms with Gasteiger partial charge in [0.1, 0.15) is 0 Å². The van der Waals surface area contributed by atoms with E-state index in [0.717, 1.165) is 31.4 Å². The molecule has 0 heterocycles. The fourth-order valence-corrected chi connectivity index (χ4v) is 4.16. The highest BCUT2D eigenvalue weighted by atomic mass is 32.2. The highest BCUT2D eigenvalue weighted by molar-refractivity contribution is 7.88. The third-order valence-electron chi connectivity index (χ3n) is 4.22. The number of sulfonamides is 1. The highest BCUT2D eigenvalue weighted by Crippen LogP contribution is 2.25. The molecule has 6 heteroatoms. The van der Waals surface area contributed by atoms with E-state index in [0.29, 0.717) is 0 Å². The second kappa shape index (κ2) is 7.24. The van der Waals surface area contributed by atoms with Crippen LogP contribution in [0, 0.1) is 0 Å². The Morgan fingerprint density at radius 2 is 1.77 bits per heavy atom. The van der Waals surface area contributed by atoms with Crippen molar-refractivity contribution in [2.45, 2.75) is 38.1 Å². The van der Waals surface area contributed by atoms with Gasteiger partial charge in [-0.05, 0) is 25.0 Å². The standard InChI is InChI=1S/C16H24N2O3S/c1-17(14-8-4-3-5-9-14)16(19)12-13-18(22(2,20)21)15-10-6-7-11-15/h3-5,8-9,15H,6-7,10-13H2,1-2H3. The molecule has 0 radical (unpaired) electrons. The molecular weight excluding hydrogens is 300 g/mol. The Kier molecular flexibility index (Phi) is 5.58. The normalized spacial score (nSPS) is 16.1. The largest absolute Gasteiger partial charge is 0.315 e. The van der Waals surface area contributed by atoms with Gasteiger partial charge in [0.05, 0.1) is 6.26 Å². The van der Waals surface area contributed by atoms with Gasteiger partial charge >= 0.3 is 0 Å². The zero-order valence-corrected chi connectivity index (χ0v) is 14.1. The number of amides is 1. The van der Waals surface area contributed by atoms with Crippen molar-refractivity contribution in [3.8, 4) is 0 Å². The number of anilines is 1. The second-order valence-corrected chi connectivity index (χ2v) is 7.79. The molecule has 0 aromatic heterocycles. The summed E-state index contributed by atoms with van der Waals surface area (Å²) in [7, 11) is -1.55. The molecular formula is C16H24N2O3S. The lowest BCUT2D eigenvalue weighted by Crippen LogP contribution is -2.40. The van der Waals surface area contributed by atoms with E-state index in [9.17, 15) is 13.2 Å². The smallest absolute Gasteiger partial charge is 0.228 e. The van der Waals surface area contributed by atoms with Crippen LogP contribution in [-0.2, 0) is 14.8 Å². The van der Waals surface area contributed by atoms with E-state index in [-0.39, 0.29) is 24.9 Å². The Morgan fingerprint density at radius 1 is 1.18 bits per heavy atom. The van der Waals surface area contributed by atoms with Crippen LogP contribution in [0.25, 0.3) is 0 Å². The van der Waals surface area contributed by atoms with Crippen LogP contribution in [0.4, 0.5) is 5.69 Å². The maximum absolute atomic E-state index is 12.3. The Balaban J connectivity index is 1.98. The summed E-state index contributed by atoms with van der Waals surface area (Å²) in [5, 5.41) is 0. The van der Waals surface area contributed by atoms with Gasteiger partial charge in [0.15, 0.2) is 0 Å². The maximum atomic E-state index is 12.3. The van der Waals surface area contributed by atoms with Gasteiger partial charge in [0.2, 0.25) is 15.9 Å². The first-order valence-corrected chi connectivity index (χ1v) is 9.53. The lowest BCUT2D eigenvalue weighted by molar-refractivity contribution is -0.118. The molecule has 22 heavy (non-hydrogen) atoms. The van der Waals surface area contributed by atoms with Crippen LogP contribution in [0.1, 0.15) is 32.1 Å². The minimum atomic E-state index is -3.27. The third kappa shape index (κ3) is 4.30. The lowest BCUT2D eigenvalue weighted by atomic mass is 10.2. The Hall–Kier alpha value is -1.40. The van der Waals surface area contributed by atoms with Crippen LogP contribution in [0.5, 0.6) is 0 Å². The fourth-order valence-electron chi connectivity index (χ4n) is 2.98. The van der Waals surface area contributed by atoms with Crippen LogP contribution in [-0.4, -0.2) is 44.5 Å². The van der Waals surface area contributed by atoms with Crippen molar-refractivity contribution in [2.75, 3.05) is 24.7 Å². The third-order valence-corrected chi connectivity index (χ3v) is 5.55. The Labute approximate surface area is 133 Å². The molecule has 1 fully saturated rings. The molecule has 1 aromatic carbocycles. The number of carbonyl (C=O) groups is 1. The fraction of sp³-hybridized carbons (Fsp3) is 0.562. The highest BCUT2D eigenvalue weighted by Gasteiger charge is 2.29. The SMILES string of the molecule is CN(C(=O)CCN(C1CCCC1)S(C)(=O)=O)c1ccccc1. The van der Waals surface area contributed by atoms with Crippen molar-refractivity contribution in [1.29, 1.82) is 0 Å². The van der Waals surface area contributed by atoms with Crippen LogP contribution < -0.4 is 4.90 Å². The monoisotopic (exact) mass is 324 g/mol. The number of carbonyl (C=O) groups excluding carboxylic acids is 1. The van der Waals surface area contributed by atoms with E-state index in [1.165, 1.54) is 10.6 Å². The molecule has 0 atom stereocenters. The molecule has 0 unspecified atom stereocenters. The summed E-state index contributed by atoms with van der Waals surface area (Å²) in [6.07, 6.45) is 5.36. The average molecular weight is 324 g/mol. The number of benzene rings is 1. The van der Waals surface area contributed by atoms with Gasteiger partial charge in [-0.2, -0.15) is 4.31 Å². The van der Waals surface area contributed by atoms with E-state index in [1.54, 1.807) is 11.9 Å². The number of hydrogen-bond donors (Lipinski definition) is 0. The van der Waals surface area contributed by atoms with Gasteiger partial charge in [-0.25, -0.2) is 8.42 Å². The lowest BCUT2D eigenvalue weighted by Gasteiger charge is -2.27. The number of nitrogens with zero attached hydrogens (tertiary/aromatic N) is 2. The van der Waals surface area contributed by atoms with Gasteiger partial charge in [-0.1, -0.05) is 31.0 Å². The second-order valence-electron chi connectivity index (χ2n) is 5.85. The quantitative estimate of drug-likeness (QED) is 0.806. The minimum absolute atomic E-state index is 0.0600. The van der Waals surface area contributed by atoms with E-state index >= 15 is 0 Å². The van der Waals surface area contributed by atoms with Crippen molar-refractivity contribution in [1.82, 2.24) is 4.31 Å². The molecule has 1 aliphatic rings. The van der Waals surface area contributed by atoms with Crippen LogP contribution in [0.15, 0.2) is 30.3 Å². The van der Waals surface area contributed by atoms with Gasteiger partial charge in [-0.3, -0.25) is 4.79 Å². The first kappa shape index (κ1) is 17.0. The first-order chi connectivity index (χ1) is 10.4. The van der Waals surface area contributed by atoms with Crippen molar-refractivity contribution in [3.05, 3.63) is 30.3 Å². The Morgan fingerprint density at radius 3 is 2.32 bits per heavy atom. The van der Waals surface area contributed by atoms with Crippen LogP contribution in [0.2, 0.25) is 0 Å². The molecule has 0 aliphatic heterocycles. The number of hydrogen-bond acceptors (Lipinski definition) is 3. The van der Waals surface area contributed by atoms with Gasteiger partial charge in [0, 0.05) is 31.7 Å². The number of rotatable bonds is 6. The zero-order valence-electron chi connectivity index (χ0n) is 13.2.